The molecule has 0 saturated carbocycles. The van der Waals surface area contributed by atoms with Crippen molar-refractivity contribution in [2.24, 2.45) is 10.9 Å². The van der Waals surface area contributed by atoms with Gasteiger partial charge in [-0.25, -0.2) is 9.79 Å². The number of benzene rings is 1. The first-order valence-corrected chi connectivity index (χ1v) is 10.8. The van der Waals surface area contributed by atoms with Crippen molar-refractivity contribution in [1.82, 2.24) is 4.90 Å². The quantitative estimate of drug-likeness (QED) is 0.651. The zero-order chi connectivity index (χ0) is 20.9. The topological polar surface area (TPSA) is 62.1 Å². The number of carboxylic acids is 1. The van der Waals surface area contributed by atoms with Crippen LogP contribution in [0.5, 0.6) is 0 Å². The maximum Gasteiger partial charge on any atom is 0.344 e. The summed E-state index contributed by atoms with van der Waals surface area (Å²) in [4.78, 5) is 19.3. The number of ether oxygens (including phenoxy) is 1. The fourth-order valence-corrected chi connectivity index (χ4v) is 5.52. The first kappa shape index (κ1) is 20.4. The molecule has 0 amide bonds. The van der Waals surface area contributed by atoms with Gasteiger partial charge in [-0.1, -0.05) is 43.7 Å². The van der Waals surface area contributed by atoms with Crippen LogP contribution in [-0.4, -0.2) is 33.3 Å². The first-order chi connectivity index (χ1) is 13.7. The van der Waals surface area contributed by atoms with E-state index < -0.39 is 11.5 Å². The van der Waals surface area contributed by atoms with Gasteiger partial charge < -0.3 is 14.7 Å². The monoisotopic (exact) mass is 450 g/mol. The minimum atomic E-state index is -0.928. The van der Waals surface area contributed by atoms with Crippen molar-refractivity contribution in [3.63, 3.8) is 0 Å². The third-order valence-corrected chi connectivity index (χ3v) is 6.91. The summed E-state index contributed by atoms with van der Waals surface area (Å²) in [6, 6.07) is 7.41. The normalized spacial score (nSPS) is 26.2. The van der Waals surface area contributed by atoms with Gasteiger partial charge >= 0.3 is 5.97 Å². The molecule has 3 aliphatic heterocycles. The summed E-state index contributed by atoms with van der Waals surface area (Å²) in [5.41, 5.74) is 2.11. The highest BCUT2D eigenvalue weighted by atomic mass is 35.5. The van der Waals surface area contributed by atoms with Crippen LogP contribution >= 0.6 is 35.0 Å². The van der Waals surface area contributed by atoms with Crippen LogP contribution in [0.3, 0.4) is 0 Å². The molecule has 29 heavy (non-hydrogen) atoms. The number of nitrogens with zero attached hydrogens (tertiary/aromatic N) is 2. The van der Waals surface area contributed by atoms with Crippen molar-refractivity contribution in [1.29, 1.82) is 0 Å². The van der Waals surface area contributed by atoms with Gasteiger partial charge in [0.1, 0.15) is 17.1 Å². The minimum absolute atomic E-state index is 0.0179. The van der Waals surface area contributed by atoms with Crippen LogP contribution in [-0.2, 0) is 9.53 Å². The number of carbonyl (C=O) groups is 1. The molecule has 0 aromatic heterocycles. The van der Waals surface area contributed by atoms with E-state index in [0.717, 1.165) is 16.8 Å². The molecule has 1 aromatic carbocycles. The third-order valence-electron chi connectivity index (χ3n) is 5.37. The molecule has 4 rings (SSSR count). The van der Waals surface area contributed by atoms with Gasteiger partial charge in [0.25, 0.3) is 0 Å². The molecule has 8 heteroatoms. The highest BCUT2D eigenvalue weighted by Crippen LogP contribution is 2.54. The Hall–Kier alpha value is -1.89. The zero-order valence-electron chi connectivity index (χ0n) is 16.1. The molecule has 0 radical (unpaired) electrons. The third kappa shape index (κ3) is 3.37. The maximum absolute atomic E-state index is 11.9. The zero-order valence-corrected chi connectivity index (χ0v) is 18.5. The van der Waals surface area contributed by atoms with Crippen LogP contribution < -0.4 is 0 Å². The Balaban J connectivity index is 1.89. The molecule has 0 unspecified atom stereocenters. The second-order valence-corrected chi connectivity index (χ2v) is 9.38. The number of amidine groups is 1. The van der Waals surface area contributed by atoms with E-state index in [-0.39, 0.29) is 12.0 Å². The number of carboxylic acid groups (broad SMARTS) is 1. The lowest BCUT2D eigenvalue weighted by Crippen LogP contribution is -2.40. The van der Waals surface area contributed by atoms with E-state index in [9.17, 15) is 9.90 Å². The van der Waals surface area contributed by atoms with Gasteiger partial charge in [0.15, 0.2) is 10.4 Å². The molecular formula is C21H20Cl2N2O3S. The first-order valence-electron chi connectivity index (χ1n) is 9.22. The van der Waals surface area contributed by atoms with Crippen molar-refractivity contribution in [2.45, 2.75) is 32.4 Å². The van der Waals surface area contributed by atoms with Gasteiger partial charge in [0, 0.05) is 10.7 Å². The summed E-state index contributed by atoms with van der Waals surface area (Å²) in [6.07, 6.45) is 3.67. The second kappa shape index (κ2) is 7.42. The van der Waals surface area contributed by atoms with Crippen LogP contribution in [0.25, 0.3) is 0 Å². The second-order valence-electron chi connectivity index (χ2n) is 7.59. The summed E-state index contributed by atoms with van der Waals surface area (Å²) in [6.45, 7) is 6.39. The number of fused-ring (bicyclic) bond motifs is 1. The Labute approximate surface area is 183 Å². The lowest BCUT2D eigenvalue weighted by Gasteiger charge is -2.38. The van der Waals surface area contributed by atoms with E-state index in [0.29, 0.717) is 26.9 Å². The molecule has 3 heterocycles. The van der Waals surface area contributed by atoms with Crippen LogP contribution in [0.2, 0.25) is 5.02 Å². The van der Waals surface area contributed by atoms with Crippen LogP contribution in [0.15, 0.2) is 62.8 Å². The molecule has 2 atom stereocenters. The highest BCUT2D eigenvalue weighted by Gasteiger charge is 2.54. The molecule has 1 aromatic rings. The van der Waals surface area contributed by atoms with Gasteiger partial charge in [0.05, 0.1) is 6.04 Å². The smallest absolute Gasteiger partial charge is 0.344 e. The Morgan fingerprint density at radius 1 is 1.31 bits per heavy atom. The number of halogens is 2. The number of thioether (sulfide) groups is 1. The summed E-state index contributed by atoms with van der Waals surface area (Å²) in [5, 5.41) is 11.4. The Bertz CT molecular complexity index is 998. The molecule has 0 spiro atoms. The fourth-order valence-electron chi connectivity index (χ4n) is 4.03. The molecule has 1 N–H and O–H groups in total. The van der Waals surface area contributed by atoms with Crippen LogP contribution in [0.4, 0.5) is 0 Å². The molecule has 3 aliphatic rings. The van der Waals surface area contributed by atoms with Gasteiger partial charge in [-0.3, -0.25) is 0 Å². The Morgan fingerprint density at radius 2 is 2.00 bits per heavy atom. The Morgan fingerprint density at radius 3 is 2.55 bits per heavy atom. The standard InChI is InChI=1S/C21H20Cl2N2O3S/c1-11(2)16-17(19(26)27)29-20-24-21(3,13-6-9-15(23)28-10-13)18(25(16)20)12-4-7-14(22)8-5-12/h4-9,11,18H,10H2,1-3H3,(H,26,27)/t18-,21+/m1/s1. The minimum Gasteiger partial charge on any atom is -0.478 e. The number of allylic oxidation sites excluding steroid dienone is 3. The van der Waals surface area contributed by atoms with Crippen molar-refractivity contribution in [3.05, 3.63) is 68.4 Å². The average molecular weight is 451 g/mol. The van der Waals surface area contributed by atoms with Crippen molar-refractivity contribution >= 4 is 46.1 Å². The summed E-state index contributed by atoms with van der Waals surface area (Å²) in [7, 11) is 0. The molecular weight excluding hydrogens is 431 g/mol. The van der Waals surface area contributed by atoms with Crippen molar-refractivity contribution < 1.29 is 14.6 Å². The number of aliphatic carboxylic acids is 1. The van der Waals surface area contributed by atoms with E-state index in [4.69, 9.17) is 32.9 Å². The number of aliphatic imine (C=N–C) groups is 1. The molecule has 152 valence electrons. The van der Waals surface area contributed by atoms with Crippen LogP contribution in [0.1, 0.15) is 32.4 Å². The summed E-state index contributed by atoms with van der Waals surface area (Å²) < 4.78 is 5.56. The van der Waals surface area contributed by atoms with E-state index >= 15 is 0 Å². The fraction of sp³-hybridized carbons (Fsp3) is 0.333. The molecule has 0 fully saturated rings. The largest absolute Gasteiger partial charge is 0.478 e. The van der Waals surface area contributed by atoms with E-state index in [1.807, 2.05) is 44.2 Å². The van der Waals surface area contributed by atoms with E-state index in [1.165, 1.54) is 11.8 Å². The molecule has 0 aliphatic carbocycles. The number of hydrogen-bond acceptors (Lipinski definition) is 5. The van der Waals surface area contributed by atoms with Crippen LogP contribution in [0, 0.1) is 5.92 Å². The number of hydrogen-bond donors (Lipinski definition) is 1. The van der Waals surface area contributed by atoms with Gasteiger partial charge in [-0.05, 0) is 65.5 Å². The van der Waals surface area contributed by atoms with Gasteiger partial charge in [-0.2, -0.15) is 0 Å². The predicted molar refractivity (Wildman–Crippen MR) is 117 cm³/mol. The molecule has 5 nitrogen and oxygen atoms in total. The number of rotatable bonds is 4. The molecule has 0 saturated heterocycles. The summed E-state index contributed by atoms with van der Waals surface area (Å²) >= 11 is 13.3. The molecule has 0 bridgehead atoms. The lowest BCUT2D eigenvalue weighted by atomic mass is 9.80. The van der Waals surface area contributed by atoms with Crippen molar-refractivity contribution in [2.75, 3.05) is 6.61 Å². The van der Waals surface area contributed by atoms with Gasteiger partial charge in [-0.15, -0.1) is 0 Å². The highest BCUT2D eigenvalue weighted by molar-refractivity contribution is 8.18. The Kier molecular flexibility index (Phi) is 5.21. The predicted octanol–water partition coefficient (Wildman–Crippen LogP) is 5.55. The van der Waals surface area contributed by atoms with Gasteiger partial charge in [0.2, 0.25) is 0 Å². The average Bonchev–Trinajstić information content (AvgIpc) is 3.16. The lowest BCUT2D eigenvalue weighted by molar-refractivity contribution is -0.131. The maximum atomic E-state index is 11.9. The van der Waals surface area contributed by atoms with E-state index in [2.05, 4.69) is 11.8 Å². The summed E-state index contributed by atoms with van der Waals surface area (Å²) in [5.74, 6) is -0.910. The van der Waals surface area contributed by atoms with Crippen molar-refractivity contribution in [3.8, 4) is 0 Å². The van der Waals surface area contributed by atoms with E-state index in [1.54, 1.807) is 6.08 Å². The SMILES string of the molecule is CC(C)C1=C(C(=O)O)SC2=N[C@@](C)(C3=CC=C(Cl)OC3)[C@@H](c3ccc(Cl)cc3)N21.